The van der Waals surface area contributed by atoms with Crippen LogP contribution < -0.4 is 16.0 Å². The zero-order valence-electron chi connectivity index (χ0n) is 15.5. The minimum absolute atomic E-state index is 0.0179. The van der Waals surface area contributed by atoms with Crippen molar-refractivity contribution in [3.8, 4) is 5.75 Å². The second-order valence-corrected chi connectivity index (χ2v) is 6.35. The lowest BCUT2D eigenvalue weighted by Crippen LogP contribution is -2.37. The Kier molecular flexibility index (Phi) is 6.06. The van der Waals surface area contributed by atoms with E-state index in [2.05, 4.69) is 0 Å². The number of nitrogens with zero attached hydrogens (tertiary/aromatic N) is 1. The summed E-state index contributed by atoms with van der Waals surface area (Å²) in [4.78, 5) is 25.7. The minimum Gasteiger partial charge on any atom is -0.486 e. The summed E-state index contributed by atoms with van der Waals surface area (Å²) in [5.41, 5.74) is 0.485. The fourth-order valence-corrected chi connectivity index (χ4v) is 2.70. The number of hydrogen-bond donors (Lipinski definition) is 1. The Morgan fingerprint density at radius 3 is 2.61 bits per heavy atom. The van der Waals surface area contributed by atoms with Crippen molar-refractivity contribution in [3.63, 3.8) is 0 Å². The van der Waals surface area contributed by atoms with Crippen molar-refractivity contribution in [1.29, 1.82) is 0 Å². The lowest BCUT2D eigenvalue weighted by molar-refractivity contribution is 0.0703. The maximum atomic E-state index is 13.1. The number of unbranched alkanes of at least 4 members (excludes halogenated alkanes) is 1. The van der Waals surface area contributed by atoms with E-state index < -0.39 is 11.3 Å². The van der Waals surface area contributed by atoms with Gasteiger partial charge in [0.1, 0.15) is 11.4 Å². The molecular formula is C21H21FN2O4. The predicted octanol–water partition coefficient (Wildman–Crippen LogP) is 3.63. The lowest BCUT2D eigenvalue weighted by Gasteiger charge is -2.18. The molecule has 2 N–H and O–H groups in total. The Bertz CT molecular complexity index is 1030. The van der Waals surface area contributed by atoms with Gasteiger partial charge in [-0.15, -0.1) is 0 Å². The fourth-order valence-electron chi connectivity index (χ4n) is 2.70. The zero-order valence-corrected chi connectivity index (χ0v) is 15.5. The highest BCUT2D eigenvalue weighted by atomic mass is 19.1. The molecule has 0 saturated carbocycles. The van der Waals surface area contributed by atoms with Crippen LogP contribution in [-0.2, 0) is 6.54 Å². The maximum Gasteiger partial charge on any atom is 0.307 e. The van der Waals surface area contributed by atoms with Crippen LogP contribution in [0, 0.1) is 5.82 Å². The third kappa shape index (κ3) is 4.20. The molecule has 0 bridgehead atoms. The number of ether oxygens (including phenoxy) is 1. The van der Waals surface area contributed by atoms with Crippen LogP contribution in [0.2, 0.25) is 0 Å². The molecule has 0 aliphatic carbocycles. The van der Waals surface area contributed by atoms with Crippen molar-refractivity contribution in [3.05, 3.63) is 75.9 Å². The largest absolute Gasteiger partial charge is 0.486 e. The van der Waals surface area contributed by atoms with Crippen LogP contribution in [0.15, 0.2) is 57.7 Å². The summed E-state index contributed by atoms with van der Waals surface area (Å²) in [5, 5.41) is 1.24. The van der Waals surface area contributed by atoms with Gasteiger partial charge in [0, 0.05) is 0 Å². The van der Waals surface area contributed by atoms with E-state index in [4.69, 9.17) is 15.0 Å². The van der Waals surface area contributed by atoms with E-state index in [-0.39, 0.29) is 36.1 Å². The molecule has 146 valence electrons. The molecule has 0 radical (unpaired) electrons. The number of carbonyl (C=O) groups excluding carboxylic acids is 1. The van der Waals surface area contributed by atoms with Gasteiger partial charge in [0.2, 0.25) is 16.9 Å². The van der Waals surface area contributed by atoms with Gasteiger partial charge in [-0.2, -0.15) is 0 Å². The first kappa shape index (κ1) is 19.6. The molecule has 0 atom stereocenters. The molecule has 0 aliphatic rings. The fraction of sp³-hybridized carbons (Fsp3) is 0.238. The summed E-state index contributed by atoms with van der Waals surface area (Å²) in [6.07, 6.45) is 1.59. The van der Waals surface area contributed by atoms with Crippen molar-refractivity contribution in [2.24, 2.45) is 5.84 Å². The van der Waals surface area contributed by atoms with E-state index in [9.17, 15) is 14.0 Å². The Labute approximate surface area is 161 Å². The van der Waals surface area contributed by atoms with E-state index in [0.29, 0.717) is 10.9 Å². The SMILES string of the molecule is CCCCOc1c(C(=O)N(N)Cc2ccc(F)cc2)oc2ccccc2c1=O. The number of benzene rings is 2. The number of hydrogen-bond acceptors (Lipinski definition) is 5. The molecule has 28 heavy (non-hydrogen) atoms. The van der Waals surface area contributed by atoms with E-state index in [0.717, 1.165) is 17.9 Å². The van der Waals surface area contributed by atoms with Crippen LogP contribution in [0.3, 0.4) is 0 Å². The maximum absolute atomic E-state index is 13.1. The highest BCUT2D eigenvalue weighted by Gasteiger charge is 2.25. The summed E-state index contributed by atoms with van der Waals surface area (Å²) >= 11 is 0. The van der Waals surface area contributed by atoms with Gasteiger partial charge in [-0.3, -0.25) is 14.6 Å². The molecule has 6 nitrogen and oxygen atoms in total. The lowest BCUT2D eigenvalue weighted by atomic mass is 10.2. The smallest absolute Gasteiger partial charge is 0.307 e. The summed E-state index contributed by atoms with van der Waals surface area (Å²) in [6, 6.07) is 12.2. The van der Waals surface area contributed by atoms with Crippen molar-refractivity contribution in [2.45, 2.75) is 26.3 Å². The predicted molar refractivity (Wildman–Crippen MR) is 103 cm³/mol. The monoisotopic (exact) mass is 384 g/mol. The Morgan fingerprint density at radius 2 is 1.89 bits per heavy atom. The summed E-state index contributed by atoms with van der Waals surface area (Å²) in [6.45, 7) is 2.29. The molecular weight excluding hydrogens is 363 g/mol. The number of nitrogens with two attached hydrogens (primary N) is 1. The molecule has 3 rings (SSSR count). The van der Waals surface area contributed by atoms with E-state index in [1.807, 2.05) is 6.92 Å². The van der Waals surface area contributed by atoms with Gasteiger partial charge in [0.15, 0.2) is 0 Å². The second kappa shape index (κ2) is 8.67. The Morgan fingerprint density at radius 1 is 1.18 bits per heavy atom. The van der Waals surface area contributed by atoms with Gasteiger partial charge in [-0.1, -0.05) is 37.6 Å². The quantitative estimate of drug-likeness (QED) is 0.291. The molecule has 2 aromatic carbocycles. The molecule has 1 aromatic heterocycles. The molecule has 0 aliphatic heterocycles. The molecule has 0 unspecified atom stereocenters. The van der Waals surface area contributed by atoms with Gasteiger partial charge >= 0.3 is 5.91 Å². The summed E-state index contributed by atoms with van der Waals surface area (Å²) < 4.78 is 24.3. The van der Waals surface area contributed by atoms with E-state index in [1.54, 1.807) is 24.3 Å². The van der Waals surface area contributed by atoms with Gasteiger partial charge in [-0.05, 0) is 36.2 Å². The van der Waals surface area contributed by atoms with Crippen LogP contribution >= 0.6 is 0 Å². The summed E-state index contributed by atoms with van der Waals surface area (Å²) in [7, 11) is 0. The number of halogens is 1. The third-order valence-corrected chi connectivity index (χ3v) is 4.22. The van der Waals surface area contributed by atoms with Crippen molar-refractivity contribution in [1.82, 2.24) is 5.01 Å². The minimum atomic E-state index is -0.696. The van der Waals surface area contributed by atoms with Gasteiger partial charge in [0.25, 0.3) is 0 Å². The first-order valence-electron chi connectivity index (χ1n) is 9.01. The molecule has 1 amide bonds. The van der Waals surface area contributed by atoms with Crippen LogP contribution in [0.5, 0.6) is 5.75 Å². The molecule has 7 heteroatoms. The van der Waals surface area contributed by atoms with E-state index in [1.165, 1.54) is 24.3 Å². The van der Waals surface area contributed by atoms with Gasteiger partial charge < -0.3 is 9.15 Å². The Balaban J connectivity index is 1.96. The first-order valence-corrected chi connectivity index (χ1v) is 9.01. The number of rotatable bonds is 7. The van der Waals surface area contributed by atoms with Crippen molar-refractivity contribution >= 4 is 16.9 Å². The molecule has 3 aromatic rings. The normalized spacial score (nSPS) is 10.8. The molecule has 1 heterocycles. The van der Waals surface area contributed by atoms with Gasteiger partial charge in [-0.25, -0.2) is 10.2 Å². The van der Waals surface area contributed by atoms with Crippen LogP contribution in [0.25, 0.3) is 11.0 Å². The molecule has 0 fully saturated rings. The number of amides is 1. The van der Waals surface area contributed by atoms with Gasteiger partial charge in [0.05, 0.1) is 18.5 Å². The number of hydrazine groups is 1. The number of carbonyl (C=O) groups is 1. The Hall–Kier alpha value is -3.19. The van der Waals surface area contributed by atoms with E-state index >= 15 is 0 Å². The average molecular weight is 384 g/mol. The van der Waals surface area contributed by atoms with Crippen LogP contribution in [-0.4, -0.2) is 17.5 Å². The zero-order chi connectivity index (χ0) is 20.1. The first-order chi connectivity index (χ1) is 13.5. The van der Waals surface area contributed by atoms with Crippen molar-refractivity contribution < 1.29 is 18.3 Å². The van der Waals surface area contributed by atoms with Crippen LogP contribution in [0.1, 0.15) is 35.9 Å². The second-order valence-electron chi connectivity index (χ2n) is 6.35. The molecule has 0 spiro atoms. The number of para-hydroxylation sites is 1. The standard InChI is InChI=1S/C21H21FN2O4/c1-2-3-12-27-19-18(25)16-6-4-5-7-17(16)28-20(19)21(26)24(23)13-14-8-10-15(22)11-9-14/h4-11H,2-3,12-13,23H2,1H3. The third-order valence-electron chi connectivity index (χ3n) is 4.22. The highest BCUT2D eigenvalue weighted by Crippen LogP contribution is 2.23. The molecule has 0 saturated heterocycles. The average Bonchev–Trinajstić information content (AvgIpc) is 2.70. The topological polar surface area (TPSA) is 85.8 Å². The van der Waals surface area contributed by atoms with Crippen molar-refractivity contribution in [2.75, 3.05) is 6.61 Å². The van der Waals surface area contributed by atoms with Crippen LogP contribution in [0.4, 0.5) is 4.39 Å². The summed E-state index contributed by atoms with van der Waals surface area (Å²) in [5.74, 6) is 4.44. The highest BCUT2D eigenvalue weighted by molar-refractivity contribution is 5.95. The number of fused-ring (bicyclic) bond motifs is 1.